The van der Waals surface area contributed by atoms with E-state index in [2.05, 4.69) is 0 Å². The predicted molar refractivity (Wildman–Crippen MR) is 94.6 cm³/mol. The Morgan fingerprint density at radius 2 is 1.72 bits per heavy atom. The fourth-order valence-electron chi connectivity index (χ4n) is 2.60. The lowest BCUT2D eigenvalue weighted by Crippen LogP contribution is -2.25. The smallest absolute Gasteiger partial charge is 0.422 e. The summed E-state index contributed by atoms with van der Waals surface area (Å²) >= 11 is 0. The summed E-state index contributed by atoms with van der Waals surface area (Å²) in [7, 11) is 1.59. The number of ether oxygens (including phenoxy) is 2. The molecule has 0 aliphatic carbocycles. The van der Waals surface area contributed by atoms with Crippen molar-refractivity contribution in [2.75, 3.05) is 7.11 Å². The van der Waals surface area contributed by atoms with Crippen molar-refractivity contribution in [1.82, 2.24) is 4.57 Å². The molecule has 2 aromatic carbocycles. The maximum absolute atomic E-state index is 12.2. The number of benzene rings is 2. The second-order valence-corrected chi connectivity index (χ2v) is 5.94. The zero-order valence-electron chi connectivity index (χ0n) is 14.3. The SMILES string of the molecule is COc1ccc(Cn2c(=O)oc(=O)c3ccc(OC(C)C)cc32)cc1. The van der Waals surface area contributed by atoms with Crippen LogP contribution in [-0.4, -0.2) is 17.8 Å². The van der Waals surface area contributed by atoms with Crippen molar-refractivity contribution in [2.45, 2.75) is 26.5 Å². The van der Waals surface area contributed by atoms with E-state index in [1.165, 1.54) is 4.57 Å². The van der Waals surface area contributed by atoms with Gasteiger partial charge in [0.1, 0.15) is 11.5 Å². The Hall–Kier alpha value is -3.02. The van der Waals surface area contributed by atoms with Crippen molar-refractivity contribution in [2.24, 2.45) is 0 Å². The van der Waals surface area contributed by atoms with Crippen LogP contribution in [-0.2, 0) is 6.54 Å². The molecule has 0 spiro atoms. The summed E-state index contributed by atoms with van der Waals surface area (Å²) in [6, 6.07) is 12.3. The van der Waals surface area contributed by atoms with E-state index in [4.69, 9.17) is 13.9 Å². The van der Waals surface area contributed by atoms with Crippen LogP contribution in [0.5, 0.6) is 11.5 Å². The van der Waals surface area contributed by atoms with Gasteiger partial charge in [-0.3, -0.25) is 4.57 Å². The van der Waals surface area contributed by atoms with Gasteiger partial charge in [0, 0.05) is 6.07 Å². The van der Waals surface area contributed by atoms with E-state index in [-0.39, 0.29) is 12.6 Å². The van der Waals surface area contributed by atoms with Crippen LogP contribution >= 0.6 is 0 Å². The summed E-state index contributed by atoms with van der Waals surface area (Å²) in [6.45, 7) is 4.09. The molecule has 130 valence electrons. The van der Waals surface area contributed by atoms with E-state index in [9.17, 15) is 9.59 Å². The third kappa shape index (κ3) is 3.57. The van der Waals surface area contributed by atoms with Gasteiger partial charge < -0.3 is 13.9 Å². The van der Waals surface area contributed by atoms with Gasteiger partial charge in [0.25, 0.3) is 0 Å². The monoisotopic (exact) mass is 341 g/mol. The Bertz CT molecular complexity index is 999. The molecular weight excluding hydrogens is 322 g/mol. The number of hydrogen-bond acceptors (Lipinski definition) is 5. The molecule has 0 saturated heterocycles. The molecule has 6 nitrogen and oxygen atoms in total. The molecule has 1 aromatic heterocycles. The van der Waals surface area contributed by atoms with Crippen molar-refractivity contribution in [3.8, 4) is 11.5 Å². The number of methoxy groups -OCH3 is 1. The molecule has 0 amide bonds. The molecule has 0 bridgehead atoms. The Balaban J connectivity index is 2.11. The third-order valence-corrected chi connectivity index (χ3v) is 3.75. The Kier molecular flexibility index (Phi) is 4.61. The highest BCUT2D eigenvalue weighted by Crippen LogP contribution is 2.20. The first-order valence-electron chi connectivity index (χ1n) is 7.95. The largest absolute Gasteiger partial charge is 0.497 e. The first kappa shape index (κ1) is 16.8. The fourth-order valence-corrected chi connectivity index (χ4v) is 2.60. The molecule has 0 aliphatic rings. The highest BCUT2D eigenvalue weighted by atomic mass is 16.5. The molecular formula is C19H19NO5. The van der Waals surface area contributed by atoms with E-state index in [0.717, 1.165) is 11.3 Å². The summed E-state index contributed by atoms with van der Waals surface area (Å²) in [6.07, 6.45) is -0.0145. The highest BCUT2D eigenvalue weighted by molar-refractivity contribution is 5.79. The van der Waals surface area contributed by atoms with E-state index in [1.54, 1.807) is 25.3 Å². The molecule has 0 radical (unpaired) electrons. The number of aromatic nitrogens is 1. The second kappa shape index (κ2) is 6.84. The zero-order chi connectivity index (χ0) is 18.0. The van der Waals surface area contributed by atoms with Gasteiger partial charge in [-0.05, 0) is 43.7 Å². The molecule has 0 N–H and O–H groups in total. The number of nitrogens with zero attached hydrogens (tertiary/aromatic N) is 1. The lowest BCUT2D eigenvalue weighted by Gasteiger charge is -2.13. The molecule has 1 heterocycles. The summed E-state index contributed by atoms with van der Waals surface area (Å²) in [4.78, 5) is 24.2. The first-order valence-corrected chi connectivity index (χ1v) is 7.95. The Labute approximate surface area is 144 Å². The molecule has 25 heavy (non-hydrogen) atoms. The summed E-state index contributed by atoms with van der Waals surface area (Å²) in [5, 5.41) is 0.337. The van der Waals surface area contributed by atoms with E-state index in [1.807, 2.05) is 38.1 Å². The summed E-state index contributed by atoms with van der Waals surface area (Å²) in [5.41, 5.74) is 0.713. The van der Waals surface area contributed by atoms with Gasteiger partial charge in [-0.1, -0.05) is 12.1 Å². The van der Waals surface area contributed by atoms with Gasteiger partial charge in [-0.2, -0.15) is 0 Å². The van der Waals surface area contributed by atoms with Crippen LogP contribution in [0.15, 0.2) is 56.5 Å². The molecule has 0 fully saturated rings. The van der Waals surface area contributed by atoms with Crippen LogP contribution in [0.4, 0.5) is 0 Å². The summed E-state index contributed by atoms with van der Waals surface area (Å²) < 4.78 is 17.1. The van der Waals surface area contributed by atoms with Crippen molar-refractivity contribution >= 4 is 10.9 Å². The molecule has 3 aromatic rings. The van der Waals surface area contributed by atoms with Crippen LogP contribution in [0, 0.1) is 0 Å². The normalized spacial score (nSPS) is 11.0. The number of fused-ring (bicyclic) bond motifs is 1. The van der Waals surface area contributed by atoms with E-state index in [0.29, 0.717) is 16.7 Å². The molecule has 0 saturated carbocycles. The standard InChI is InChI=1S/C19H19NO5/c1-12(2)24-15-8-9-16-17(10-15)20(19(22)25-18(16)21)11-13-4-6-14(23-3)7-5-13/h4-10,12H,11H2,1-3H3. The lowest BCUT2D eigenvalue weighted by atomic mass is 10.2. The Morgan fingerprint density at radius 3 is 2.36 bits per heavy atom. The second-order valence-electron chi connectivity index (χ2n) is 5.94. The minimum absolute atomic E-state index is 0.0145. The fraction of sp³-hybridized carbons (Fsp3) is 0.263. The van der Waals surface area contributed by atoms with Gasteiger partial charge in [0.15, 0.2) is 0 Å². The van der Waals surface area contributed by atoms with Gasteiger partial charge in [0.2, 0.25) is 0 Å². The molecule has 0 aliphatic heterocycles. The molecule has 0 atom stereocenters. The van der Waals surface area contributed by atoms with Crippen molar-refractivity contribution in [3.63, 3.8) is 0 Å². The van der Waals surface area contributed by atoms with Crippen LogP contribution in [0.25, 0.3) is 10.9 Å². The van der Waals surface area contributed by atoms with Crippen LogP contribution in [0.1, 0.15) is 19.4 Å². The van der Waals surface area contributed by atoms with Gasteiger partial charge in [0.05, 0.1) is 30.7 Å². The van der Waals surface area contributed by atoms with Crippen molar-refractivity contribution in [1.29, 1.82) is 0 Å². The topological polar surface area (TPSA) is 70.7 Å². The molecule has 6 heteroatoms. The van der Waals surface area contributed by atoms with Crippen molar-refractivity contribution < 1.29 is 13.9 Å². The maximum atomic E-state index is 12.2. The Morgan fingerprint density at radius 1 is 1.04 bits per heavy atom. The highest BCUT2D eigenvalue weighted by Gasteiger charge is 2.12. The van der Waals surface area contributed by atoms with Gasteiger partial charge in [-0.15, -0.1) is 0 Å². The summed E-state index contributed by atoms with van der Waals surface area (Å²) in [5.74, 6) is 0.624. The predicted octanol–water partition coefficient (Wildman–Crippen LogP) is 2.80. The van der Waals surface area contributed by atoms with Crippen LogP contribution in [0.2, 0.25) is 0 Å². The lowest BCUT2D eigenvalue weighted by molar-refractivity contribution is 0.242. The number of rotatable bonds is 5. The van der Waals surface area contributed by atoms with E-state index < -0.39 is 11.4 Å². The van der Waals surface area contributed by atoms with Crippen molar-refractivity contribution in [3.05, 3.63) is 69.0 Å². The molecule has 3 rings (SSSR count). The number of hydrogen-bond donors (Lipinski definition) is 0. The van der Waals surface area contributed by atoms with Gasteiger partial charge in [-0.25, -0.2) is 9.59 Å². The molecule has 0 unspecified atom stereocenters. The first-order chi connectivity index (χ1) is 12.0. The minimum atomic E-state index is -0.699. The average Bonchev–Trinajstić information content (AvgIpc) is 2.58. The van der Waals surface area contributed by atoms with E-state index >= 15 is 0 Å². The van der Waals surface area contributed by atoms with Crippen LogP contribution in [0.3, 0.4) is 0 Å². The zero-order valence-corrected chi connectivity index (χ0v) is 14.3. The minimum Gasteiger partial charge on any atom is -0.497 e. The third-order valence-electron chi connectivity index (χ3n) is 3.75. The van der Waals surface area contributed by atoms with Gasteiger partial charge >= 0.3 is 11.4 Å². The van der Waals surface area contributed by atoms with Crippen LogP contribution < -0.4 is 20.9 Å². The maximum Gasteiger partial charge on any atom is 0.422 e. The quantitative estimate of drug-likeness (QED) is 0.714. The average molecular weight is 341 g/mol.